The highest BCUT2D eigenvalue weighted by Crippen LogP contribution is 2.30. The van der Waals surface area contributed by atoms with Crippen molar-refractivity contribution in [3.63, 3.8) is 0 Å². The van der Waals surface area contributed by atoms with E-state index in [4.69, 9.17) is 0 Å². The number of guanidine groups is 1. The number of rotatable bonds is 6. The molecule has 0 atom stereocenters. The van der Waals surface area contributed by atoms with Crippen molar-refractivity contribution < 1.29 is 8.42 Å². The Hall–Kier alpha value is -1.03. The molecular formula is C16H25IN4O2S. The Morgan fingerprint density at radius 3 is 2.75 bits per heavy atom. The van der Waals surface area contributed by atoms with Gasteiger partial charge in [0.05, 0.1) is 11.4 Å². The smallest absolute Gasteiger partial charge is 0.236 e. The Kier molecular flexibility index (Phi) is 6.73. The molecule has 0 spiro atoms. The van der Waals surface area contributed by atoms with Gasteiger partial charge in [-0.3, -0.25) is 9.30 Å². The Balaban J connectivity index is 0.00000208. The highest BCUT2D eigenvalue weighted by atomic mass is 127. The number of halogens is 1. The predicted molar refractivity (Wildman–Crippen MR) is 109 cm³/mol. The van der Waals surface area contributed by atoms with Crippen LogP contribution in [-0.2, 0) is 16.4 Å². The average molecular weight is 464 g/mol. The minimum atomic E-state index is -3.31. The average Bonchev–Trinajstić information content (AvgIpc) is 3.26. The first kappa shape index (κ1) is 19.3. The number of nitrogens with zero attached hydrogens (tertiary/aromatic N) is 2. The Morgan fingerprint density at radius 2 is 2.04 bits per heavy atom. The topological polar surface area (TPSA) is 73.8 Å². The second kappa shape index (κ2) is 8.37. The molecule has 2 N–H and O–H groups in total. The molecule has 1 saturated carbocycles. The molecular weight excluding hydrogens is 439 g/mol. The maximum absolute atomic E-state index is 12.6. The second-order valence-corrected chi connectivity index (χ2v) is 8.10. The molecule has 0 radical (unpaired) electrons. The number of aliphatic imine (C=N–C) groups is 1. The molecule has 0 amide bonds. The Labute approximate surface area is 161 Å². The molecule has 2 aliphatic rings. The molecule has 134 valence electrons. The first-order valence-electron chi connectivity index (χ1n) is 8.13. The summed E-state index contributed by atoms with van der Waals surface area (Å²) in [5.74, 6) is 1.48. The van der Waals surface area contributed by atoms with E-state index >= 15 is 0 Å². The van der Waals surface area contributed by atoms with Crippen LogP contribution < -0.4 is 14.9 Å². The highest BCUT2D eigenvalue weighted by Gasteiger charge is 2.28. The van der Waals surface area contributed by atoms with Crippen molar-refractivity contribution in [2.75, 3.05) is 36.7 Å². The SMILES string of the molecule is CN=C(NCCS(=O)(=O)N1CCc2ccccc21)NCC1CC1.I. The zero-order valence-electron chi connectivity index (χ0n) is 13.9. The van der Waals surface area contributed by atoms with Gasteiger partial charge in [-0.15, -0.1) is 24.0 Å². The van der Waals surface area contributed by atoms with E-state index < -0.39 is 10.0 Å². The van der Waals surface area contributed by atoms with E-state index in [0.717, 1.165) is 30.1 Å². The van der Waals surface area contributed by atoms with Crippen LogP contribution in [0, 0.1) is 5.92 Å². The molecule has 0 bridgehead atoms. The molecule has 0 aromatic heterocycles. The van der Waals surface area contributed by atoms with E-state index in [9.17, 15) is 8.42 Å². The van der Waals surface area contributed by atoms with Crippen LogP contribution in [0.25, 0.3) is 0 Å². The van der Waals surface area contributed by atoms with E-state index in [1.807, 2.05) is 24.3 Å². The van der Waals surface area contributed by atoms with Crippen LogP contribution in [0.4, 0.5) is 5.69 Å². The summed E-state index contributed by atoms with van der Waals surface area (Å²) in [5.41, 5.74) is 1.93. The van der Waals surface area contributed by atoms with Crippen LogP contribution >= 0.6 is 24.0 Å². The van der Waals surface area contributed by atoms with E-state index in [0.29, 0.717) is 19.0 Å². The number of para-hydroxylation sites is 1. The van der Waals surface area contributed by atoms with Gasteiger partial charge in [0.1, 0.15) is 0 Å². The van der Waals surface area contributed by atoms with Crippen molar-refractivity contribution >= 4 is 45.6 Å². The Morgan fingerprint density at radius 1 is 1.29 bits per heavy atom. The molecule has 0 saturated heterocycles. The fourth-order valence-corrected chi connectivity index (χ4v) is 4.22. The summed E-state index contributed by atoms with van der Waals surface area (Å²) in [4.78, 5) is 4.13. The molecule has 1 aliphatic carbocycles. The summed E-state index contributed by atoms with van der Waals surface area (Å²) in [5, 5.41) is 6.32. The van der Waals surface area contributed by atoms with E-state index in [1.54, 1.807) is 7.05 Å². The van der Waals surface area contributed by atoms with Crippen LogP contribution in [0.1, 0.15) is 18.4 Å². The third-order valence-corrected chi connectivity index (χ3v) is 6.08. The standard InChI is InChI=1S/C16H24N4O2S.HI/c1-17-16(19-12-13-6-7-13)18-9-11-23(21,22)20-10-8-14-4-2-3-5-15(14)20;/h2-5,13H,6-12H2,1H3,(H2,17,18,19);1H. The van der Waals surface area contributed by atoms with Crippen LogP contribution in [0.5, 0.6) is 0 Å². The van der Waals surface area contributed by atoms with Crippen LogP contribution in [0.2, 0.25) is 0 Å². The lowest BCUT2D eigenvalue weighted by molar-refractivity contribution is 0.590. The van der Waals surface area contributed by atoms with Gasteiger partial charge in [0.2, 0.25) is 10.0 Å². The lowest BCUT2D eigenvalue weighted by Crippen LogP contribution is -2.42. The molecule has 1 aliphatic heterocycles. The molecule has 1 aromatic rings. The van der Waals surface area contributed by atoms with Gasteiger partial charge in [-0.2, -0.15) is 0 Å². The van der Waals surface area contributed by atoms with Crippen molar-refractivity contribution in [3.05, 3.63) is 29.8 Å². The molecule has 24 heavy (non-hydrogen) atoms. The monoisotopic (exact) mass is 464 g/mol. The number of anilines is 1. The van der Waals surface area contributed by atoms with Crippen molar-refractivity contribution in [2.45, 2.75) is 19.3 Å². The molecule has 3 rings (SSSR count). The molecule has 1 heterocycles. The van der Waals surface area contributed by atoms with Crippen LogP contribution in [0.3, 0.4) is 0 Å². The Bertz CT molecular complexity index is 689. The first-order chi connectivity index (χ1) is 11.1. The third-order valence-electron chi connectivity index (χ3n) is 4.31. The maximum Gasteiger partial charge on any atom is 0.236 e. The van der Waals surface area contributed by atoms with Gasteiger partial charge < -0.3 is 10.6 Å². The third kappa shape index (κ3) is 4.75. The summed E-state index contributed by atoms with van der Waals surface area (Å²) in [6, 6.07) is 7.71. The summed E-state index contributed by atoms with van der Waals surface area (Å²) in [7, 11) is -1.61. The largest absolute Gasteiger partial charge is 0.356 e. The number of nitrogens with one attached hydrogen (secondary N) is 2. The summed E-state index contributed by atoms with van der Waals surface area (Å²) in [6.07, 6.45) is 3.33. The fraction of sp³-hybridized carbons (Fsp3) is 0.562. The van der Waals surface area contributed by atoms with Crippen molar-refractivity contribution in [2.24, 2.45) is 10.9 Å². The van der Waals surface area contributed by atoms with Gasteiger partial charge in [-0.05, 0) is 36.8 Å². The summed E-state index contributed by atoms with van der Waals surface area (Å²) in [6.45, 7) is 1.80. The van der Waals surface area contributed by atoms with Gasteiger partial charge in [0.15, 0.2) is 5.96 Å². The van der Waals surface area contributed by atoms with Crippen molar-refractivity contribution in [1.82, 2.24) is 10.6 Å². The zero-order chi connectivity index (χ0) is 16.3. The fourth-order valence-electron chi connectivity index (χ4n) is 2.79. The van der Waals surface area contributed by atoms with Crippen molar-refractivity contribution in [1.29, 1.82) is 0 Å². The lowest BCUT2D eigenvalue weighted by atomic mass is 10.2. The van der Waals surface area contributed by atoms with Gasteiger partial charge >= 0.3 is 0 Å². The maximum atomic E-state index is 12.6. The minimum Gasteiger partial charge on any atom is -0.356 e. The molecule has 1 fully saturated rings. The van der Waals surface area contributed by atoms with Gasteiger partial charge in [-0.1, -0.05) is 18.2 Å². The highest BCUT2D eigenvalue weighted by molar-refractivity contribution is 14.0. The van der Waals surface area contributed by atoms with E-state index in [1.165, 1.54) is 17.1 Å². The van der Waals surface area contributed by atoms with Crippen LogP contribution in [-0.4, -0.2) is 46.8 Å². The number of sulfonamides is 1. The van der Waals surface area contributed by atoms with Gasteiger partial charge in [0, 0.05) is 26.7 Å². The summed E-state index contributed by atoms with van der Waals surface area (Å²) >= 11 is 0. The number of fused-ring (bicyclic) bond motifs is 1. The number of hydrogen-bond acceptors (Lipinski definition) is 3. The number of benzene rings is 1. The summed E-state index contributed by atoms with van der Waals surface area (Å²) < 4.78 is 26.7. The molecule has 8 heteroatoms. The normalized spacial score (nSPS) is 17.2. The molecule has 1 aromatic carbocycles. The first-order valence-corrected chi connectivity index (χ1v) is 9.74. The van der Waals surface area contributed by atoms with E-state index in [-0.39, 0.29) is 29.7 Å². The molecule has 6 nitrogen and oxygen atoms in total. The van der Waals surface area contributed by atoms with Gasteiger partial charge in [0.25, 0.3) is 0 Å². The lowest BCUT2D eigenvalue weighted by Gasteiger charge is -2.20. The number of hydrogen-bond donors (Lipinski definition) is 2. The molecule has 0 unspecified atom stereocenters. The quantitative estimate of drug-likeness (QED) is 0.381. The van der Waals surface area contributed by atoms with Crippen molar-refractivity contribution in [3.8, 4) is 0 Å². The van der Waals surface area contributed by atoms with Gasteiger partial charge in [-0.25, -0.2) is 8.42 Å². The van der Waals surface area contributed by atoms with E-state index in [2.05, 4.69) is 15.6 Å². The predicted octanol–water partition coefficient (Wildman–Crippen LogP) is 1.57. The minimum absolute atomic E-state index is 0. The second-order valence-electron chi connectivity index (χ2n) is 6.09. The zero-order valence-corrected chi connectivity index (χ0v) is 17.0. The van der Waals surface area contributed by atoms with Crippen LogP contribution in [0.15, 0.2) is 29.3 Å².